The van der Waals surface area contributed by atoms with Crippen molar-refractivity contribution in [2.24, 2.45) is 7.05 Å². The van der Waals surface area contributed by atoms with Gasteiger partial charge in [0.25, 0.3) is 0 Å². The average molecular weight is 436 g/mol. The summed E-state index contributed by atoms with van der Waals surface area (Å²) in [5, 5.41) is 4.70. The Kier molecular flexibility index (Phi) is 5.64. The van der Waals surface area contributed by atoms with Crippen LogP contribution in [0.5, 0.6) is 0 Å². The van der Waals surface area contributed by atoms with Gasteiger partial charge in [-0.05, 0) is 41.1 Å². The van der Waals surface area contributed by atoms with Crippen LogP contribution in [0.15, 0.2) is 60.8 Å². The molecule has 2 aliphatic rings. The predicted molar refractivity (Wildman–Crippen MR) is 123 cm³/mol. The lowest BCUT2D eigenvalue weighted by atomic mass is 9.93. The fraction of sp³-hybridized carbons (Fsp3) is 0.423. The monoisotopic (exact) mass is 435 g/mol. The van der Waals surface area contributed by atoms with Crippen molar-refractivity contribution < 1.29 is 13.9 Å². The number of aryl methyl sites for hydroxylation is 1. The molecule has 6 heteroatoms. The van der Waals surface area contributed by atoms with Gasteiger partial charge in [0.05, 0.1) is 0 Å². The van der Waals surface area contributed by atoms with Crippen molar-refractivity contribution in [3.63, 3.8) is 0 Å². The van der Waals surface area contributed by atoms with Crippen LogP contribution in [-0.4, -0.2) is 46.9 Å². The summed E-state index contributed by atoms with van der Waals surface area (Å²) >= 11 is 0. The van der Waals surface area contributed by atoms with Crippen molar-refractivity contribution in [3.05, 3.63) is 71.9 Å². The standard InChI is InChI=1S/C26H30FN3O2/c1-29-12-9-21-15-20(7-8-24(21)29)22-16-23(22)28-18-26(27)10-13-30(14-11-26)25(31)32-17-19-5-3-2-4-6-19/h2-9,12,15,22-23,28H,10-11,13-14,16-18H2,1H3/t22-,23+/m0/s1. The van der Waals surface area contributed by atoms with E-state index < -0.39 is 5.67 Å². The highest BCUT2D eigenvalue weighted by Crippen LogP contribution is 2.42. The van der Waals surface area contributed by atoms with Crippen molar-refractivity contribution in [2.45, 2.75) is 43.5 Å². The van der Waals surface area contributed by atoms with Crippen LogP contribution in [0.2, 0.25) is 0 Å². The predicted octanol–water partition coefficient (Wildman–Crippen LogP) is 4.76. The number of carbonyl (C=O) groups excluding carboxylic acids is 1. The minimum atomic E-state index is -1.27. The molecule has 0 bridgehead atoms. The topological polar surface area (TPSA) is 46.5 Å². The van der Waals surface area contributed by atoms with Crippen LogP contribution in [-0.2, 0) is 18.4 Å². The number of halogens is 1. The average Bonchev–Trinajstić information content (AvgIpc) is 3.52. The van der Waals surface area contributed by atoms with E-state index in [9.17, 15) is 4.79 Å². The number of nitrogens with zero attached hydrogens (tertiary/aromatic N) is 2. The molecule has 0 unspecified atom stereocenters. The molecule has 1 N–H and O–H groups in total. The van der Waals surface area contributed by atoms with Gasteiger partial charge in [-0.2, -0.15) is 0 Å². The molecule has 0 radical (unpaired) electrons. The Bertz CT molecular complexity index is 1090. The highest BCUT2D eigenvalue weighted by molar-refractivity contribution is 5.81. The normalized spacial score (nSPS) is 22.1. The number of piperidine rings is 1. The van der Waals surface area contributed by atoms with Crippen molar-refractivity contribution >= 4 is 17.0 Å². The highest BCUT2D eigenvalue weighted by atomic mass is 19.1. The summed E-state index contributed by atoms with van der Waals surface area (Å²) in [6.07, 6.45) is 3.45. The first-order chi connectivity index (χ1) is 15.5. The molecule has 1 amide bonds. The van der Waals surface area contributed by atoms with Gasteiger partial charge in [-0.1, -0.05) is 36.4 Å². The molecule has 1 aliphatic heterocycles. The number of hydrogen-bond acceptors (Lipinski definition) is 3. The number of benzene rings is 2. The molecule has 1 aliphatic carbocycles. The summed E-state index contributed by atoms with van der Waals surface area (Å²) < 4.78 is 22.9. The zero-order valence-electron chi connectivity index (χ0n) is 18.5. The third-order valence-electron chi connectivity index (χ3n) is 6.93. The van der Waals surface area contributed by atoms with Crippen LogP contribution < -0.4 is 5.32 Å². The molecular weight excluding hydrogens is 405 g/mol. The van der Waals surface area contributed by atoms with Gasteiger partial charge in [-0.3, -0.25) is 0 Å². The van der Waals surface area contributed by atoms with Gasteiger partial charge in [0, 0.05) is 63.2 Å². The van der Waals surface area contributed by atoms with Crippen molar-refractivity contribution in [3.8, 4) is 0 Å². The van der Waals surface area contributed by atoms with Crippen LogP contribution in [0.1, 0.15) is 36.3 Å². The number of rotatable bonds is 6. The fourth-order valence-electron chi connectivity index (χ4n) is 4.71. The maximum Gasteiger partial charge on any atom is 0.410 e. The van der Waals surface area contributed by atoms with Crippen LogP contribution in [0.25, 0.3) is 10.9 Å². The number of likely N-dealkylation sites (tertiary alicyclic amines) is 1. The Balaban J connectivity index is 1.07. The highest BCUT2D eigenvalue weighted by Gasteiger charge is 2.42. The Labute approximate surface area is 188 Å². The Morgan fingerprint density at radius 1 is 1.16 bits per heavy atom. The van der Waals surface area contributed by atoms with Gasteiger partial charge in [0.15, 0.2) is 0 Å². The maximum atomic E-state index is 15.3. The molecule has 168 valence electrons. The summed E-state index contributed by atoms with van der Waals surface area (Å²) in [5.74, 6) is 0.455. The number of ether oxygens (including phenoxy) is 1. The number of alkyl halides is 1. The molecule has 5 rings (SSSR count). The van der Waals surface area contributed by atoms with Crippen molar-refractivity contribution in [1.29, 1.82) is 0 Å². The number of fused-ring (bicyclic) bond motifs is 1. The molecule has 1 saturated heterocycles. The number of hydrogen-bond donors (Lipinski definition) is 1. The van der Waals surface area contributed by atoms with Gasteiger partial charge < -0.3 is 19.5 Å². The molecule has 2 atom stereocenters. The van der Waals surface area contributed by atoms with E-state index in [0.29, 0.717) is 44.4 Å². The number of aromatic nitrogens is 1. The molecule has 3 aromatic rings. The zero-order chi connectivity index (χ0) is 22.1. The van der Waals surface area contributed by atoms with E-state index in [0.717, 1.165) is 12.0 Å². The van der Waals surface area contributed by atoms with Gasteiger partial charge in [-0.25, -0.2) is 9.18 Å². The van der Waals surface area contributed by atoms with Crippen molar-refractivity contribution in [1.82, 2.24) is 14.8 Å². The summed E-state index contributed by atoms with van der Waals surface area (Å²) in [5.41, 5.74) is 2.24. The summed E-state index contributed by atoms with van der Waals surface area (Å²) in [7, 11) is 2.05. The van der Waals surface area contributed by atoms with E-state index in [1.54, 1.807) is 4.90 Å². The minimum Gasteiger partial charge on any atom is -0.445 e. The second-order valence-electron chi connectivity index (χ2n) is 9.25. The third-order valence-corrected chi connectivity index (χ3v) is 6.93. The van der Waals surface area contributed by atoms with Crippen LogP contribution in [0.4, 0.5) is 9.18 Å². The molecule has 2 aromatic carbocycles. The molecular formula is C26H30FN3O2. The van der Waals surface area contributed by atoms with E-state index in [4.69, 9.17) is 4.74 Å². The van der Waals surface area contributed by atoms with Crippen LogP contribution in [0.3, 0.4) is 0 Å². The molecule has 32 heavy (non-hydrogen) atoms. The Morgan fingerprint density at radius 3 is 2.72 bits per heavy atom. The third kappa shape index (κ3) is 4.51. The SMILES string of the molecule is Cn1ccc2cc([C@@H]3C[C@H]3NCC3(F)CCN(C(=O)OCc4ccccc4)CC3)ccc21. The number of amides is 1. The van der Waals surface area contributed by atoms with E-state index in [1.807, 2.05) is 30.3 Å². The fourth-order valence-corrected chi connectivity index (χ4v) is 4.71. The van der Waals surface area contributed by atoms with Gasteiger partial charge in [-0.15, -0.1) is 0 Å². The van der Waals surface area contributed by atoms with E-state index >= 15 is 4.39 Å². The van der Waals surface area contributed by atoms with Gasteiger partial charge in [0.1, 0.15) is 12.3 Å². The largest absolute Gasteiger partial charge is 0.445 e. The molecule has 5 nitrogen and oxygen atoms in total. The number of carbonyl (C=O) groups is 1. The first-order valence-electron chi connectivity index (χ1n) is 11.4. The second kappa shape index (κ2) is 8.58. The van der Waals surface area contributed by atoms with Crippen molar-refractivity contribution in [2.75, 3.05) is 19.6 Å². The lowest BCUT2D eigenvalue weighted by Crippen LogP contribution is -2.49. The number of nitrogens with one attached hydrogen (secondary N) is 1. The van der Waals surface area contributed by atoms with E-state index in [-0.39, 0.29) is 12.7 Å². The summed E-state index contributed by atoms with van der Waals surface area (Å²) in [6.45, 7) is 1.38. The zero-order valence-corrected chi connectivity index (χ0v) is 18.5. The van der Waals surface area contributed by atoms with E-state index in [1.165, 1.54) is 16.5 Å². The first-order valence-corrected chi connectivity index (χ1v) is 11.4. The lowest BCUT2D eigenvalue weighted by Gasteiger charge is -2.36. The molecule has 2 heterocycles. The maximum absolute atomic E-state index is 15.3. The lowest BCUT2D eigenvalue weighted by molar-refractivity contribution is 0.0408. The Hall–Kier alpha value is -2.86. The van der Waals surface area contributed by atoms with Gasteiger partial charge in [0.2, 0.25) is 0 Å². The summed E-state index contributed by atoms with van der Waals surface area (Å²) in [4.78, 5) is 13.9. The Morgan fingerprint density at radius 2 is 1.94 bits per heavy atom. The van der Waals surface area contributed by atoms with Crippen LogP contribution >= 0.6 is 0 Å². The van der Waals surface area contributed by atoms with Gasteiger partial charge >= 0.3 is 6.09 Å². The smallest absolute Gasteiger partial charge is 0.410 e. The second-order valence-corrected chi connectivity index (χ2v) is 9.25. The van der Waals surface area contributed by atoms with E-state index in [2.05, 4.69) is 47.4 Å². The molecule has 2 fully saturated rings. The quantitative estimate of drug-likeness (QED) is 0.607. The molecule has 0 spiro atoms. The summed E-state index contributed by atoms with van der Waals surface area (Å²) in [6, 6.07) is 18.7. The molecule has 1 aromatic heterocycles. The van der Waals surface area contributed by atoms with Crippen LogP contribution in [0, 0.1) is 0 Å². The molecule has 1 saturated carbocycles. The first kappa shape index (κ1) is 21.0. The minimum absolute atomic E-state index is 0.246.